The molecule has 0 heterocycles. The number of ether oxygens (including phenoxy) is 3. The number of unbranched alkanes of at least 4 members (excludes halogenated alkanes) is 18. The molecule has 0 saturated heterocycles. The van der Waals surface area contributed by atoms with Gasteiger partial charge in [-0.1, -0.05) is 268 Å². The second-order valence-electron chi connectivity index (χ2n) is 20.9. The lowest BCUT2D eigenvalue weighted by molar-refractivity contribution is -0.167. The predicted molar refractivity (Wildman–Crippen MR) is 352 cm³/mol. The van der Waals surface area contributed by atoms with Crippen molar-refractivity contribution in [3.8, 4) is 0 Å². The van der Waals surface area contributed by atoms with E-state index in [0.29, 0.717) is 19.3 Å². The quantitative estimate of drug-likeness (QED) is 0.0261. The summed E-state index contributed by atoms with van der Waals surface area (Å²) in [6, 6.07) is 0. The summed E-state index contributed by atoms with van der Waals surface area (Å²) in [5.41, 5.74) is 0. The Balaban J connectivity index is 4.39. The van der Waals surface area contributed by atoms with E-state index in [4.69, 9.17) is 14.2 Å². The number of allylic oxidation sites excluding steroid dienone is 28. The average Bonchev–Trinajstić information content (AvgIpc) is 3.47. The van der Waals surface area contributed by atoms with Gasteiger partial charge in [-0.2, -0.15) is 0 Å². The molecule has 0 aromatic rings. The number of esters is 3. The summed E-state index contributed by atoms with van der Waals surface area (Å²) in [5.74, 6) is -0.960. The van der Waals surface area contributed by atoms with Crippen LogP contribution in [0, 0.1) is 0 Å². The van der Waals surface area contributed by atoms with Crippen molar-refractivity contribution in [3.63, 3.8) is 0 Å². The van der Waals surface area contributed by atoms with E-state index in [9.17, 15) is 14.4 Å². The zero-order valence-electron chi connectivity index (χ0n) is 52.0. The molecule has 0 fully saturated rings. The fraction of sp³-hybridized carbons (Fsp3) is 0.587. The van der Waals surface area contributed by atoms with E-state index in [1.807, 2.05) is 0 Å². The van der Waals surface area contributed by atoms with Gasteiger partial charge in [-0.3, -0.25) is 14.4 Å². The second kappa shape index (κ2) is 67.3. The Morgan fingerprint density at radius 1 is 0.259 bits per heavy atom. The van der Waals surface area contributed by atoms with Crippen molar-refractivity contribution in [1.29, 1.82) is 0 Å². The van der Waals surface area contributed by atoms with Crippen LogP contribution in [0.4, 0.5) is 0 Å². The van der Waals surface area contributed by atoms with Gasteiger partial charge in [0.25, 0.3) is 0 Å². The highest BCUT2D eigenvalue weighted by atomic mass is 16.6. The maximum atomic E-state index is 12.9. The fourth-order valence-electron chi connectivity index (χ4n) is 8.35. The van der Waals surface area contributed by atoms with E-state index in [1.165, 1.54) is 57.8 Å². The van der Waals surface area contributed by atoms with Crippen LogP contribution in [0.25, 0.3) is 0 Å². The summed E-state index contributed by atoms with van der Waals surface area (Å²) >= 11 is 0. The fourth-order valence-corrected chi connectivity index (χ4v) is 8.35. The summed E-state index contributed by atoms with van der Waals surface area (Å²) < 4.78 is 16.9. The number of hydrogen-bond donors (Lipinski definition) is 0. The molecule has 0 spiro atoms. The Labute approximate surface area is 498 Å². The minimum Gasteiger partial charge on any atom is -0.462 e. The minimum atomic E-state index is -0.809. The predicted octanol–water partition coefficient (Wildman–Crippen LogP) is 22.7. The van der Waals surface area contributed by atoms with Gasteiger partial charge in [0, 0.05) is 19.3 Å². The third kappa shape index (κ3) is 65.5. The molecule has 0 aliphatic carbocycles. The van der Waals surface area contributed by atoms with Crippen molar-refractivity contribution in [1.82, 2.24) is 0 Å². The van der Waals surface area contributed by atoms with Gasteiger partial charge in [0.1, 0.15) is 13.2 Å². The summed E-state index contributed by atoms with van der Waals surface area (Å²) in [5, 5.41) is 0. The minimum absolute atomic E-state index is 0.103. The van der Waals surface area contributed by atoms with Gasteiger partial charge in [-0.15, -0.1) is 0 Å². The van der Waals surface area contributed by atoms with Crippen LogP contribution < -0.4 is 0 Å². The number of carbonyl (C=O) groups excluding carboxylic acids is 3. The lowest BCUT2D eigenvalue weighted by Gasteiger charge is -2.18. The molecule has 1 unspecified atom stereocenters. The molecule has 0 rings (SSSR count). The molecule has 81 heavy (non-hydrogen) atoms. The van der Waals surface area contributed by atoms with Crippen LogP contribution in [0.2, 0.25) is 0 Å². The van der Waals surface area contributed by atoms with E-state index < -0.39 is 6.10 Å². The van der Waals surface area contributed by atoms with Gasteiger partial charge in [0.15, 0.2) is 6.10 Å². The van der Waals surface area contributed by atoms with Crippen molar-refractivity contribution in [2.75, 3.05) is 13.2 Å². The highest BCUT2D eigenvalue weighted by Crippen LogP contribution is 2.14. The Kier molecular flexibility index (Phi) is 62.9. The van der Waals surface area contributed by atoms with Crippen LogP contribution in [0.5, 0.6) is 0 Å². The molecule has 0 N–H and O–H groups in total. The third-order valence-electron chi connectivity index (χ3n) is 13.2. The monoisotopic (exact) mass is 1110 g/mol. The molecule has 0 bridgehead atoms. The lowest BCUT2D eigenvalue weighted by Crippen LogP contribution is -2.30. The van der Waals surface area contributed by atoms with E-state index >= 15 is 0 Å². The van der Waals surface area contributed by atoms with Crippen molar-refractivity contribution in [2.45, 2.75) is 271 Å². The van der Waals surface area contributed by atoms with Crippen molar-refractivity contribution in [3.05, 3.63) is 170 Å². The van der Waals surface area contributed by atoms with Crippen LogP contribution in [0.15, 0.2) is 170 Å². The Bertz CT molecular complexity index is 1860. The molecule has 0 aromatic carbocycles. The number of carbonyl (C=O) groups is 3. The molecule has 6 nitrogen and oxygen atoms in total. The molecule has 0 aliphatic rings. The Morgan fingerprint density at radius 2 is 0.481 bits per heavy atom. The average molecular weight is 1120 g/mol. The number of hydrogen-bond acceptors (Lipinski definition) is 6. The van der Waals surface area contributed by atoms with Gasteiger partial charge in [0.2, 0.25) is 0 Å². The van der Waals surface area contributed by atoms with Gasteiger partial charge >= 0.3 is 17.9 Å². The molecule has 0 aromatic heterocycles. The van der Waals surface area contributed by atoms with E-state index in [0.717, 1.165) is 167 Å². The maximum Gasteiger partial charge on any atom is 0.306 e. The first kappa shape index (κ1) is 75.8. The van der Waals surface area contributed by atoms with E-state index in [1.54, 1.807) is 0 Å². The van der Waals surface area contributed by atoms with Crippen LogP contribution >= 0.6 is 0 Å². The molecule has 1 atom stereocenters. The zero-order chi connectivity index (χ0) is 58.5. The molecular weight excluding hydrogens is 997 g/mol. The summed E-state index contributed by atoms with van der Waals surface area (Å²) in [6.45, 7) is 6.33. The molecule has 0 amide bonds. The first-order valence-corrected chi connectivity index (χ1v) is 32.6. The topological polar surface area (TPSA) is 78.9 Å². The SMILES string of the molecule is CC/C=C\C/C=C\C/C=C\C/C=C\C/C=C\C/C=C\C/C=C\C/C=C\C/C=C\CCCCCC(=O)OCC(COC(=O)CCCCCCC/C=C\CCCC)OC(=O)CCCCCCCCCC/C=C\C/C=C\C/C=C\C/C=C\CC. The van der Waals surface area contributed by atoms with Crippen molar-refractivity contribution >= 4 is 17.9 Å². The van der Waals surface area contributed by atoms with Crippen molar-refractivity contribution in [2.24, 2.45) is 0 Å². The van der Waals surface area contributed by atoms with Gasteiger partial charge in [0.05, 0.1) is 0 Å². The van der Waals surface area contributed by atoms with Crippen LogP contribution in [0.3, 0.4) is 0 Å². The van der Waals surface area contributed by atoms with Crippen LogP contribution in [-0.4, -0.2) is 37.2 Å². The van der Waals surface area contributed by atoms with E-state index in [-0.39, 0.29) is 31.1 Å². The molecule has 6 heteroatoms. The highest BCUT2D eigenvalue weighted by Gasteiger charge is 2.19. The van der Waals surface area contributed by atoms with Crippen LogP contribution in [0.1, 0.15) is 265 Å². The maximum absolute atomic E-state index is 12.9. The number of rotatable bonds is 57. The molecule has 0 saturated carbocycles. The molecular formula is C75H118O6. The molecule has 454 valence electrons. The summed E-state index contributed by atoms with van der Waals surface area (Å²) in [6.07, 6.45) is 99.3. The standard InChI is InChI=1S/C75H118O6/c1-4-7-10-13-16-19-22-24-26-28-30-32-33-34-35-36-37-38-39-40-41-43-44-46-48-50-53-56-59-62-65-68-74(77)80-71-72(70-79-73(76)67-64-61-58-55-52-21-18-15-12-9-6-3)81-75(78)69-66-63-60-57-54-51-49-47-45-42-31-29-27-25-23-20-17-14-11-8-5-2/h7-8,10-11,15-20,24-27,30-32,34-35,37-38,40-42,44,46,50,53,72H,4-6,9,12-14,21-23,28-29,33,36,39,43,45,47-49,51-52,54-71H2,1-3H3/b10-7-,11-8-,18-15-,19-16-,20-17-,26-24-,27-25-,32-30-,35-34-,38-37-,41-40-,42-31-,46-44-,53-50-. The van der Waals surface area contributed by atoms with Gasteiger partial charge in [-0.05, 0) is 148 Å². The normalized spacial score (nSPS) is 13.3. The second-order valence-corrected chi connectivity index (χ2v) is 20.9. The van der Waals surface area contributed by atoms with Gasteiger partial charge < -0.3 is 14.2 Å². The van der Waals surface area contributed by atoms with E-state index in [2.05, 4.69) is 191 Å². The summed E-state index contributed by atoms with van der Waals surface area (Å²) in [7, 11) is 0. The van der Waals surface area contributed by atoms with Gasteiger partial charge in [-0.25, -0.2) is 0 Å². The Hall–Kier alpha value is -5.23. The highest BCUT2D eigenvalue weighted by molar-refractivity contribution is 5.71. The smallest absolute Gasteiger partial charge is 0.306 e. The zero-order valence-corrected chi connectivity index (χ0v) is 52.0. The first-order valence-electron chi connectivity index (χ1n) is 32.6. The van der Waals surface area contributed by atoms with Crippen LogP contribution in [-0.2, 0) is 28.6 Å². The Morgan fingerprint density at radius 3 is 0.778 bits per heavy atom. The molecule has 0 aliphatic heterocycles. The lowest BCUT2D eigenvalue weighted by atomic mass is 10.1. The largest absolute Gasteiger partial charge is 0.462 e. The third-order valence-corrected chi connectivity index (χ3v) is 13.2. The molecule has 0 radical (unpaired) electrons. The van der Waals surface area contributed by atoms with Crippen molar-refractivity contribution < 1.29 is 28.6 Å². The summed E-state index contributed by atoms with van der Waals surface area (Å²) in [4.78, 5) is 38.3. The first-order chi connectivity index (χ1) is 40.0.